The van der Waals surface area contributed by atoms with Gasteiger partial charge in [-0.15, -0.1) is 0 Å². The number of aliphatic hydroxyl groups is 1. The summed E-state index contributed by atoms with van der Waals surface area (Å²) in [6.07, 6.45) is 0.326. The first-order valence-electron chi connectivity index (χ1n) is 13.7. The summed E-state index contributed by atoms with van der Waals surface area (Å²) in [6.45, 7) is 3.62. The van der Waals surface area contributed by atoms with Crippen molar-refractivity contribution in [2.75, 3.05) is 20.3 Å². The lowest BCUT2D eigenvalue weighted by molar-refractivity contribution is -0.136. The molecule has 1 aliphatic heterocycles. The van der Waals surface area contributed by atoms with Crippen molar-refractivity contribution < 1.29 is 38.0 Å². The minimum absolute atomic E-state index is 0.0542. The second kappa shape index (κ2) is 15.7. The largest absolute Gasteiger partial charge is 0.490 e. The maximum Gasteiger partial charge on any atom is 0.337 e. The SMILES string of the molecule is CCOc1cc([C@H]2NC(=O)NC(C)=C2C(=O)OC)ccc1OC[C@@H](O)N/N=C\c1cc(Br)c(OCc2ccccc2F)c(Br)c1. The van der Waals surface area contributed by atoms with Gasteiger partial charge in [0.15, 0.2) is 17.7 Å². The molecule has 11 nitrogen and oxygen atoms in total. The van der Waals surface area contributed by atoms with Crippen LogP contribution in [-0.4, -0.2) is 49.9 Å². The summed E-state index contributed by atoms with van der Waals surface area (Å²) in [4.78, 5) is 24.6. The highest BCUT2D eigenvalue weighted by atomic mass is 79.9. The Morgan fingerprint density at radius 1 is 1.11 bits per heavy atom. The van der Waals surface area contributed by atoms with Crippen LogP contribution < -0.4 is 30.3 Å². The first-order valence-corrected chi connectivity index (χ1v) is 15.3. The summed E-state index contributed by atoms with van der Waals surface area (Å²) in [6, 6.07) is 13.7. The van der Waals surface area contributed by atoms with Gasteiger partial charge in [-0.3, -0.25) is 5.43 Å². The number of methoxy groups -OCH3 is 1. The number of rotatable bonds is 13. The van der Waals surface area contributed by atoms with Gasteiger partial charge < -0.3 is 34.7 Å². The molecular formula is C31H31Br2FN4O7. The zero-order valence-corrected chi connectivity index (χ0v) is 27.7. The topological polar surface area (TPSA) is 140 Å². The zero-order valence-electron chi connectivity index (χ0n) is 24.5. The monoisotopic (exact) mass is 748 g/mol. The zero-order chi connectivity index (χ0) is 32.5. The van der Waals surface area contributed by atoms with Crippen molar-refractivity contribution in [1.82, 2.24) is 16.1 Å². The van der Waals surface area contributed by atoms with Gasteiger partial charge in [-0.1, -0.05) is 24.3 Å². The fourth-order valence-electron chi connectivity index (χ4n) is 4.38. The van der Waals surface area contributed by atoms with E-state index in [2.05, 4.69) is 53.0 Å². The van der Waals surface area contributed by atoms with Crippen molar-refractivity contribution >= 4 is 50.1 Å². The van der Waals surface area contributed by atoms with E-state index in [9.17, 15) is 19.1 Å². The number of ether oxygens (including phenoxy) is 4. The van der Waals surface area contributed by atoms with E-state index in [0.717, 1.165) is 0 Å². The Morgan fingerprint density at radius 2 is 1.84 bits per heavy atom. The molecule has 2 atom stereocenters. The summed E-state index contributed by atoms with van der Waals surface area (Å²) in [5.41, 5.74) is 4.93. The lowest BCUT2D eigenvalue weighted by Crippen LogP contribution is -2.45. The molecule has 1 aliphatic rings. The molecule has 3 aromatic rings. The molecule has 0 spiro atoms. The van der Waals surface area contributed by atoms with E-state index >= 15 is 0 Å². The number of carbonyl (C=O) groups is 2. The maximum absolute atomic E-state index is 13.9. The molecule has 0 bridgehead atoms. The van der Waals surface area contributed by atoms with Gasteiger partial charge in [-0.2, -0.15) is 5.10 Å². The highest BCUT2D eigenvalue weighted by Gasteiger charge is 2.32. The summed E-state index contributed by atoms with van der Waals surface area (Å²) in [7, 11) is 1.27. The Morgan fingerprint density at radius 3 is 2.53 bits per heavy atom. The fraction of sp³-hybridized carbons (Fsp3) is 0.258. The van der Waals surface area contributed by atoms with E-state index in [4.69, 9.17) is 18.9 Å². The van der Waals surface area contributed by atoms with Gasteiger partial charge in [-0.25, -0.2) is 14.0 Å². The van der Waals surface area contributed by atoms with Crippen LogP contribution in [0.4, 0.5) is 9.18 Å². The van der Waals surface area contributed by atoms with Gasteiger partial charge in [0.1, 0.15) is 24.8 Å². The van der Waals surface area contributed by atoms with Crippen molar-refractivity contribution in [1.29, 1.82) is 0 Å². The van der Waals surface area contributed by atoms with Crippen molar-refractivity contribution in [3.63, 3.8) is 0 Å². The molecule has 0 aromatic heterocycles. The molecule has 14 heteroatoms. The summed E-state index contributed by atoms with van der Waals surface area (Å²) in [5, 5.41) is 19.8. The molecule has 2 amide bonds. The number of carbonyl (C=O) groups excluding carboxylic acids is 2. The summed E-state index contributed by atoms with van der Waals surface area (Å²) >= 11 is 6.94. The highest BCUT2D eigenvalue weighted by molar-refractivity contribution is 9.11. The first kappa shape index (κ1) is 33.7. The number of hydrazone groups is 1. The molecule has 0 aliphatic carbocycles. The predicted octanol–water partition coefficient (Wildman–Crippen LogP) is 5.45. The number of allylic oxidation sites excluding steroid dienone is 1. The van der Waals surface area contributed by atoms with Crippen LogP contribution >= 0.6 is 31.9 Å². The molecule has 238 valence electrons. The molecule has 4 N–H and O–H groups in total. The van der Waals surface area contributed by atoms with E-state index in [0.29, 0.717) is 55.2 Å². The Kier molecular flexibility index (Phi) is 11.8. The number of nitrogens with zero attached hydrogens (tertiary/aromatic N) is 1. The number of urea groups is 1. The average molecular weight is 750 g/mol. The lowest BCUT2D eigenvalue weighted by Gasteiger charge is -2.28. The number of benzene rings is 3. The van der Waals surface area contributed by atoms with Crippen LogP contribution in [0.5, 0.6) is 17.2 Å². The quantitative estimate of drug-likeness (QED) is 0.0784. The molecular weight excluding hydrogens is 719 g/mol. The number of hydrogen-bond donors (Lipinski definition) is 4. The smallest absolute Gasteiger partial charge is 0.337 e. The number of esters is 1. The van der Waals surface area contributed by atoms with E-state index in [1.54, 1.807) is 62.4 Å². The normalized spacial score (nSPS) is 15.3. The van der Waals surface area contributed by atoms with E-state index < -0.39 is 24.3 Å². The molecule has 0 saturated heterocycles. The fourth-order valence-corrected chi connectivity index (χ4v) is 5.83. The van der Waals surface area contributed by atoms with Gasteiger partial charge in [0.2, 0.25) is 0 Å². The van der Waals surface area contributed by atoms with Gasteiger partial charge in [-0.05, 0) is 87.2 Å². The predicted molar refractivity (Wildman–Crippen MR) is 172 cm³/mol. The molecule has 0 unspecified atom stereocenters. The maximum atomic E-state index is 13.9. The molecule has 1 heterocycles. The van der Waals surface area contributed by atoms with Crippen LogP contribution in [0.15, 0.2) is 79.9 Å². The van der Waals surface area contributed by atoms with Gasteiger partial charge in [0.05, 0.1) is 40.5 Å². The third-order valence-electron chi connectivity index (χ3n) is 6.46. The highest BCUT2D eigenvalue weighted by Crippen LogP contribution is 2.36. The molecule has 45 heavy (non-hydrogen) atoms. The minimum atomic E-state index is -1.18. The molecule has 0 saturated carbocycles. The van der Waals surface area contributed by atoms with E-state index in [1.807, 2.05) is 0 Å². The number of nitrogens with one attached hydrogen (secondary N) is 3. The Balaban J connectivity index is 1.37. The van der Waals surface area contributed by atoms with Crippen LogP contribution in [0, 0.1) is 5.82 Å². The van der Waals surface area contributed by atoms with Crippen LogP contribution in [0.2, 0.25) is 0 Å². The second-order valence-electron chi connectivity index (χ2n) is 9.61. The lowest BCUT2D eigenvalue weighted by atomic mass is 9.95. The average Bonchev–Trinajstić information content (AvgIpc) is 3.00. The standard InChI is InChI=1S/C31H31Br2FN4O7/c1-4-43-25-13-19(28-27(30(40)42-3)17(2)36-31(41)37-28)9-10-24(25)44-16-26(39)38-35-14-18-11-21(32)29(22(33)12-18)45-15-20-7-5-6-8-23(20)34/h5-14,26,28,38-39H,4,15-16H2,1-3H3,(H2,36,37,41)/b35-14-/t26-,28-/m1/s1. The van der Waals surface area contributed by atoms with Crippen molar-refractivity contribution in [3.05, 3.63) is 97.3 Å². The molecule has 4 rings (SSSR count). The van der Waals surface area contributed by atoms with Crippen LogP contribution in [0.25, 0.3) is 0 Å². The Bertz CT molecular complexity index is 1600. The van der Waals surface area contributed by atoms with Crippen molar-refractivity contribution in [2.24, 2.45) is 5.10 Å². The van der Waals surface area contributed by atoms with Crippen LogP contribution in [0.3, 0.4) is 0 Å². The minimum Gasteiger partial charge on any atom is -0.490 e. The number of aliphatic hydroxyl groups excluding tert-OH is 1. The molecule has 3 aromatic carbocycles. The van der Waals surface area contributed by atoms with E-state index in [1.165, 1.54) is 19.4 Å². The van der Waals surface area contributed by atoms with Crippen molar-refractivity contribution in [2.45, 2.75) is 32.7 Å². The summed E-state index contributed by atoms with van der Waals surface area (Å²) in [5.74, 6) is 0.268. The first-order chi connectivity index (χ1) is 21.6. The number of hydrogen-bond acceptors (Lipinski definition) is 9. The Labute approximate surface area is 276 Å². The van der Waals surface area contributed by atoms with Gasteiger partial charge in [0.25, 0.3) is 0 Å². The van der Waals surface area contributed by atoms with Crippen LogP contribution in [0.1, 0.15) is 36.6 Å². The van der Waals surface area contributed by atoms with Crippen LogP contribution in [-0.2, 0) is 16.1 Å². The van der Waals surface area contributed by atoms with Gasteiger partial charge >= 0.3 is 12.0 Å². The number of amides is 2. The third kappa shape index (κ3) is 8.74. The summed E-state index contributed by atoms with van der Waals surface area (Å²) < 4.78 is 37.4. The molecule has 0 fully saturated rings. The number of halogens is 3. The van der Waals surface area contributed by atoms with Crippen molar-refractivity contribution in [3.8, 4) is 17.2 Å². The van der Waals surface area contributed by atoms with Gasteiger partial charge in [0, 0.05) is 11.3 Å². The second-order valence-corrected chi connectivity index (χ2v) is 11.3. The molecule has 0 radical (unpaired) electrons. The Hall–Kier alpha value is -4.14. The third-order valence-corrected chi connectivity index (χ3v) is 7.64. The van der Waals surface area contributed by atoms with E-state index in [-0.39, 0.29) is 24.6 Å².